The number of benzene rings is 3. The molecule has 5 rings (SSSR count). The van der Waals surface area contributed by atoms with E-state index in [-0.39, 0.29) is 12.6 Å². The maximum Gasteiger partial charge on any atom is 0.250 e. The highest BCUT2D eigenvalue weighted by molar-refractivity contribution is 6.35. The monoisotopic (exact) mass is 627 g/mol. The largest absolute Gasteiger partial charge is 0.493 e. The van der Waals surface area contributed by atoms with Crippen LogP contribution in [0.15, 0.2) is 59.7 Å². The van der Waals surface area contributed by atoms with Gasteiger partial charge in [-0.05, 0) is 60.5 Å². The van der Waals surface area contributed by atoms with Crippen LogP contribution < -0.4 is 25.1 Å². The topological polar surface area (TPSA) is 106 Å². The van der Waals surface area contributed by atoms with Gasteiger partial charge in [0.1, 0.15) is 6.61 Å². The van der Waals surface area contributed by atoms with Crippen molar-refractivity contribution in [3.63, 3.8) is 0 Å². The summed E-state index contributed by atoms with van der Waals surface area (Å²) in [4.78, 5) is 15.7. The number of hydrogen-bond acceptors (Lipinski definition) is 10. The van der Waals surface area contributed by atoms with Crippen LogP contribution in [0.25, 0.3) is 0 Å². The first-order valence-electron chi connectivity index (χ1n) is 13.0. The summed E-state index contributed by atoms with van der Waals surface area (Å²) in [7, 11) is 1.57. The Balaban J connectivity index is 1.30. The van der Waals surface area contributed by atoms with E-state index in [1.165, 1.54) is 0 Å². The van der Waals surface area contributed by atoms with Crippen LogP contribution in [0.4, 0.5) is 23.5 Å². The molecular weight excluding hydrogens is 601 g/mol. The number of morpholine rings is 1. The van der Waals surface area contributed by atoms with E-state index in [1.807, 2.05) is 48.2 Å². The lowest BCUT2D eigenvalue weighted by Gasteiger charge is -2.27. The van der Waals surface area contributed by atoms with E-state index >= 15 is 0 Å². The number of ether oxygens (including phenoxy) is 3. The second-order valence-electron chi connectivity index (χ2n) is 9.28. The molecule has 4 aromatic rings. The van der Waals surface area contributed by atoms with Crippen molar-refractivity contribution in [3.05, 3.63) is 86.4 Å². The molecule has 10 nitrogen and oxygen atoms in total. The number of methoxy groups -OCH3 is 1. The van der Waals surface area contributed by atoms with Crippen LogP contribution in [0.2, 0.25) is 15.1 Å². The first-order chi connectivity index (χ1) is 20.4. The average molecular weight is 629 g/mol. The zero-order valence-electron chi connectivity index (χ0n) is 22.9. The first-order valence-corrected chi connectivity index (χ1v) is 14.2. The molecule has 42 heavy (non-hydrogen) atoms. The molecule has 2 heterocycles. The zero-order valence-corrected chi connectivity index (χ0v) is 25.2. The van der Waals surface area contributed by atoms with E-state index in [0.717, 1.165) is 22.4 Å². The summed E-state index contributed by atoms with van der Waals surface area (Å²) >= 11 is 18.6. The van der Waals surface area contributed by atoms with Crippen LogP contribution in [-0.4, -0.2) is 54.6 Å². The third kappa shape index (κ3) is 7.71. The number of nitrogens with zero attached hydrogens (tertiary/aromatic N) is 5. The van der Waals surface area contributed by atoms with Crippen molar-refractivity contribution in [2.45, 2.75) is 13.5 Å². The molecule has 1 fully saturated rings. The number of aryl methyl sites for hydroxylation is 1. The predicted molar refractivity (Wildman–Crippen MR) is 167 cm³/mol. The molecule has 0 bridgehead atoms. The molecule has 0 amide bonds. The minimum Gasteiger partial charge on any atom is -0.493 e. The fourth-order valence-corrected chi connectivity index (χ4v) is 4.66. The predicted octanol–water partition coefficient (Wildman–Crippen LogP) is 6.75. The van der Waals surface area contributed by atoms with Gasteiger partial charge in [-0.25, -0.2) is 5.43 Å². The SMILES string of the molecule is COc1cc(C=NNc2nc(Nc3ccc(C)c(Cl)c3)nc(N3CCOCC3)n2)ccc1OCc1ccc(Cl)cc1Cl. The first kappa shape index (κ1) is 29.7. The molecule has 0 saturated carbocycles. The minimum absolute atomic E-state index is 0.261. The number of hydrogen-bond donors (Lipinski definition) is 2. The van der Waals surface area contributed by atoms with E-state index < -0.39 is 0 Å². The van der Waals surface area contributed by atoms with Crippen LogP contribution >= 0.6 is 34.8 Å². The molecular formula is C29H28Cl3N7O3. The molecule has 1 aromatic heterocycles. The second kappa shape index (κ2) is 13.9. The standard InChI is InChI=1S/C29H28Cl3N7O3/c1-18-3-7-22(15-23(18)31)34-27-35-28(37-29(36-27)39-9-11-41-12-10-39)38-33-16-19-4-8-25(26(13-19)40-2)42-17-20-5-6-21(30)14-24(20)32/h3-8,13-16H,9-12,17H2,1-2H3,(H2,34,35,36,37,38). The summed E-state index contributed by atoms with van der Waals surface area (Å²) in [6, 6.07) is 16.4. The Morgan fingerprint density at radius 1 is 0.929 bits per heavy atom. The van der Waals surface area contributed by atoms with E-state index in [4.69, 9.17) is 49.0 Å². The van der Waals surface area contributed by atoms with Crippen molar-refractivity contribution in [1.82, 2.24) is 15.0 Å². The van der Waals surface area contributed by atoms with Gasteiger partial charge in [0.05, 0.1) is 26.5 Å². The fourth-order valence-electron chi connectivity index (χ4n) is 4.02. The van der Waals surface area contributed by atoms with Gasteiger partial charge in [-0.15, -0.1) is 0 Å². The summed E-state index contributed by atoms with van der Waals surface area (Å²) in [6.07, 6.45) is 1.63. The number of halogens is 3. The van der Waals surface area contributed by atoms with E-state index in [0.29, 0.717) is 64.8 Å². The third-order valence-electron chi connectivity index (χ3n) is 6.31. The Labute approximate surface area is 258 Å². The summed E-state index contributed by atoms with van der Waals surface area (Å²) in [5.74, 6) is 2.24. The van der Waals surface area contributed by atoms with Crippen LogP contribution in [0.5, 0.6) is 11.5 Å². The van der Waals surface area contributed by atoms with Crippen molar-refractivity contribution < 1.29 is 14.2 Å². The molecule has 0 spiro atoms. The summed E-state index contributed by atoms with van der Waals surface area (Å²) in [6.45, 7) is 4.73. The molecule has 218 valence electrons. The number of anilines is 4. The molecule has 0 unspecified atom stereocenters. The summed E-state index contributed by atoms with van der Waals surface area (Å²) in [5.41, 5.74) is 6.23. The molecule has 13 heteroatoms. The Kier molecular flexibility index (Phi) is 9.81. The molecule has 1 aliphatic heterocycles. The van der Waals surface area contributed by atoms with Crippen molar-refractivity contribution in [2.24, 2.45) is 5.10 Å². The fraction of sp³-hybridized carbons (Fsp3) is 0.241. The lowest BCUT2D eigenvalue weighted by Crippen LogP contribution is -2.37. The van der Waals surface area contributed by atoms with E-state index in [1.54, 1.807) is 31.5 Å². The van der Waals surface area contributed by atoms with Crippen molar-refractivity contribution in [3.8, 4) is 11.5 Å². The Bertz CT molecular complexity index is 1580. The summed E-state index contributed by atoms with van der Waals surface area (Å²) in [5, 5.41) is 9.30. The van der Waals surface area contributed by atoms with Gasteiger partial charge >= 0.3 is 0 Å². The third-order valence-corrected chi connectivity index (χ3v) is 7.30. The highest BCUT2D eigenvalue weighted by atomic mass is 35.5. The van der Waals surface area contributed by atoms with Crippen molar-refractivity contribution >= 4 is 64.5 Å². The molecule has 0 radical (unpaired) electrons. The van der Waals surface area contributed by atoms with Gasteiger partial charge in [0.25, 0.3) is 0 Å². The molecule has 2 N–H and O–H groups in total. The van der Waals surface area contributed by atoms with Gasteiger partial charge in [-0.1, -0.05) is 46.9 Å². The smallest absolute Gasteiger partial charge is 0.250 e. The van der Waals surface area contributed by atoms with Crippen molar-refractivity contribution in [2.75, 3.05) is 49.1 Å². The lowest BCUT2D eigenvalue weighted by molar-refractivity contribution is 0.122. The molecule has 3 aromatic carbocycles. The lowest BCUT2D eigenvalue weighted by atomic mass is 10.2. The number of nitrogens with one attached hydrogen (secondary N) is 2. The maximum absolute atomic E-state index is 6.31. The van der Waals surface area contributed by atoms with Gasteiger partial charge in [-0.2, -0.15) is 20.1 Å². The Morgan fingerprint density at radius 2 is 1.74 bits per heavy atom. The minimum atomic E-state index is 0.261. The average Bonchev–Trinajstić information content (AvgIpc) is 2.99. The molecule has 0 atom stereocenters. The quantitative estimate of drug-likeness (QED) is 0.146. The second-order valence-corrected chi connectivity index (χ2v) is 10.5. The van der Waals surface area contributed by atoms with Crippen LogP contribution in [0.1, 0.15) is 16.7 Å². The Hall–Kier alpha value is -3.83. The van der Waals surface area contributed by atoms with Gasteiger partial charge < -0.3 is 24.4 Å². The van der Waals surface area contributed by atoms with Gasteiger partial charge in [0.2, 0.25) is 17.8 Å². The number of rotatable bonds is 10. The van der Waals surface area contributed by atoms with Crippen LogP contribution in [0.3, 0.4) is 0 Å². The maximum atomic E-state index is 6.31. The Morgan fingerprint density at radius 3 is 2.50 bits per heavy atom. The number of hydrazone groups is 1. The number of aromatic nitrogens is 3. The van der Waals surface area contributed by atoms with Gasteiger partial charge in [0, 0.05) is 39.4 Å². The van der Waals surface area contributed by atoms with Crippen LogP contribution in [-0.2, 0) is 11.3 Å². The van der Waals surface area contributed by atoms with Crippen molar-refractivity contribution in [1.29, 1.82) is 0 Å². The van der Waals surface area contributed by atoms with Crippen LogP contribution in [0, 0.1) is 6.92 Å². The highest BCUT2D eigenvalue weighted by Gasteiger charge is 2.17. The molecule has 1 saturated heterocycles. The van der Waals surface area contributed by atoms with E-state index in [9.17, 15) is 0 Å². The van der Waals surface area contributed by atoms with E-state index in [2.05, 4.69) is 30.8 Å². The summed E-state index contributed by atoms with van der Waals surface area (Å²) < 4.78 is 17.0. The molecule has 1 aliphatic rings. The molecule has 0 aliphatic carbocycles. The zero-order chi connectivity index (χ0) is 29.5. The van der Waals surface area contributed by atoms with Gasteiger partial charge in [-0.3, -0.25) is 0 Å². The van der Waals surface area contributed by atoms with Gasteiger partial charge in [0.15, 0.2) is 11.5 Å². The highest BCUT2D eigenvalue weighted by Crippen LogP contribution is 2.30. The normalized spacial score (nSPS) is 13.3.